The summed E-state index contributed by atoms with van der Waals surface area (Å²) >= 11 is 0. The molecule has 44 heavy (non-hydrogen) atoms. The van der Waals surface area contributed by atoms with Crippen LogP contribution in [0.15, 0.2) is 102 Å². The zero-order valence-corrected chi connectivity index (χ0v) is 26.6. The Labute approximate surface area is 260 Å². The summed E-state index contributed by atoms with van der Waals surface area (Å²) in [7, 11) is -1.25. The van der Waals surface area contributed by atoms with Gasteiger partial charge < -0.3 is 15.0 Å². The van der Waals surface area contributed by atoms with Crippen molar-refractivity contribution in [1.29, 1.82) is 0 Å². The lowest BCUT2D eigenvalue weighted by Gasteiger charge is -2.34. The van der Waals surface area contributed by atoms with Crippen molar-refractivity contribution >= 4 is 27.5 Å². The normalized spacial score (nSPS) is 11.8. The fourth-order valence-corrected chi connectivity index (χ4v) is 6.45. The summed E-state index contributed by atoms with van der Waals surface area (Å²) in [5, 5.41) is 2.71. The SMILES string of the molecule is CNC(=O)C(Cc1ccccc1)N(Cc1ccccc1C)C(=O)CN(c1cc(C)ccc1OC)S(=O)(=O)c1ccc(C)cc1. The Morgan fingerprint density at radius 2 is 1.48 bits per heavy atom. The summed E-state index contributed by atoms with van der Waals surface area (Å²) in [6.07, 6.45) is 0.247. The molecule has 0 fully saturated rings. The van der Waals surface area contributed by atoms with Crippen molar-refractivity contribution in [3.05, 3.63) is 125 Å². The van der Waals surface area contributed by atoms with Crippen molar-refractivity contribution in [2.75, 3.05) is 25.0 Å². The molecule has 0 aliphatic heterocycles. The maximum Gasteiger partial charge on any atom is 0.264 e. The Kier molecular flexibility index (Phi) is 10.4. The summed E-state index contributed by atoms with van der Waals surface area (Å²) in [4.78, 5) is 29.5. The van der Waals surface area contributed by atoms with Gasteiger partial charge in [-0.05, 0) is 67.3 Å². The van der Waals surface area contributed by atoms with Crippen molar-refractivity contribution in [3.8, 4) is 5.75 Å². The molecule has 1 unspecified atom stereocenters. The molecule has 1 N–H and O–H groups in total. The van der Waals surface area contributed by atoms with Gasteiger partial charge in [0.2, 0.25) is 11.8 Å². The Morgan fingerprint density at radius 1 is 0.841 bits per heavy atom. The van der Waals surface area contributed by atoms with E-state index in [0.29, 0.717) is 5.75 Å². The highest BCUT2D eigenvalue weighted by Crippen LogP contribution is 2.34. The first-order chi connectivity index (χ1) is 21.0. The van der Waals surface area contributed by atoms with Gasteiger partial charge in [0, 0.05) is 20.0 Å². The molecule has 1 atom stereocenters. The van der Waals surface area contributed by atoms with Gasteiger partial charge in [0.05, 0.1) is 17.7 Å². The number of methoxy groups -OCH3 is 1. The number of carbonyl (C=O) groups excluding carboxylic acids is 2. The molecule has 8 nitrogen and oxygen atoms in total. The number of nitrogens with one attached hydrogen (secondary N) is 1. The summed E-state index contributed by atoms with van der Waals surface area (Å²) < 4.78 is 35.2. The predicted molar refractivity (Wildman–Crippen MR) is 173 cm³/mol. The smallest absolute Gasteiger partial charge is 0.264 e. The molecular formula is C35H39N3O5S. The fourth-order valence-electron chi connectivity index (χ4n) is 5.04. The highest BCUT2D eigenvalue weighted by Gasteiger charge is 2.35. The van der Waals surface area contributed by atoms with Crippen LogP contribution in [0, 0.1) is 20.8 Å². The fraction of sp³-hybridized carbons (Fsp3) is 0.257. The van der Waals surface area contributed by atoms with E-state index in [4.69, 9.17) is 4.74 Å². The first-order valence-electron chi connectivity index (χ1n) is 14.4. The standard InChI is InChI=1S/C35H39N3O5S/c1-25-15-18-30(19-16-25)44(41,42)38(31-21-26(2)17-20-33(31)43-5)24-34(39)37(23-29-14-10-9-11-27(29)3)32(35(40)36-4)22-28-12-7-6-8-13-28/h6-21,32H,22-24H2,1-5H3,(H,36,40). The summed E-state index contributed by atoms with van der Waals surface area (Å²) in [5.74, 6) is -0.578. The van der Waals surface area contributed by atoms with Gasteiger partial charge in [-0.2, -0.15) is 0 Å². The zero-order valence-electron chi connectivity index (χ0n) is 25.8. The number of rotatable bonds is 12. The van der Waals surface area contributed by atoms with Gasteiger partial charge >= 0.3 is 0 Å². The van der Waals surface area contributed by atoms with Gasteiger partial charge in [-0.25, -0.2) is 8.42 Å². The number of anilines is 1. The molecule has 4 aromatic rings. The molecule has 0 aliphatic rings. The first-order valence-corrected chi connectivity index (χ1v) is 15.8. The number of hydrogen-bond acceptors (Lipinski definition) is 5. The van der Waals surface area contributed by atoms with Gasteiger partial charge in [0.25, 0.3) is 10.0 Å². The van der Waals surface area contributed by atoms with Crippen molar-refractivity contribution in [2.45, 2.75) is 44.7 Å². The molecular weight excluding hydrogens is 574 g/mol. The number of amides is 2. The van der Waals surface area contributed by atoms with Crippen molar-refractivity contribution in [2.24, 2.45) is 0 Å². The van der Waals surface area contributed by atoms with Gasteiger partial charge in [-0.3, -0.25) is 13.9 Å². The molecule has 0 bridgehead atoms. The van der Waals surface area contributed by atoms with Crippen LogP contribution in [-0.4, -0.2) is 51.9 Å². The number of sulfonamides is 1. The molecule has 230 valence electrons. The average molecular weight is 614 g/mol. The number of hydrogen-bond donors (Lipinski definition) is 1. The summed E-state index contributed by atoms with van der Waals surface area (Å²) in [6, 6.07) is 27.8. The minimum absolute atomic E-state index is 0.0389. The molecule has 0 aliphatic carbocycles. The Bertz CT molecular complexity index is 1710. The van der Waals surface area contributed by atoms with Crippen molar-refractivity contribution in [3.63, 3.8) is 0 Å². The average Bonchev–Trinajstić information content (AvgIpc) is 3.02. The second kappa shape index (κ2) is 14.2. The number of carbonyl (C=O) groups is 2. The third-order valence-electron chi connectivity index (χ3n) is 7.61. The van der Waals surface area contributed by atoms with Crippen LogP contribution in [0.1, 0.15) is 27.8 Å². The second-order valence-electron chi connectivity index (χ2n) is 10.8. The molecule has 0 aromatic heterocycles. The highest BCUT2D eigenvalue weighted by molar-refractivity contribution is 7.92. The minimum Gasteiger partial charge on any atom is -0.495 e. The van der Waals surface area contributed by atoms with E-state index in [-0.39, 0.29) is 29.5 Å². The quantitative estimate of drug-likeness (QED) is 0.237. The number of aryl methyl sites for hydroxylation is 3. The predicted octanol–water partition coefficient (Wildman–Crippen LogP) is 5.20. The van der Waals surface area contributed by atoms with Crippen LogP contribution in [-0.2, 0) is 32.6 Å². The van der Waals surface area contributed by atoms with E-state index >= 15 is 0 Å². The van der Waals surface area contributed by atoms with E-state index in [2.05, 4.69) is 5.32 Å². The third kappa shape index (κ3) is 7.47. The number of nitrogens with zero attached hydrogens (tertiary/aromatic N) is 2. The Hall–Kier alpha value is -4.63. The largest absolute Gasteiger partial charge is 0.495 e. The van der Waals surface area contributed by atoms with E-state index in [1.807, 2.05) is 81.4 Å². The monoisotopic (exact) mass is 613 g/mol. The third-order valence-corrected chi connectivity index (χ3v) is 9.38. The number of ether oxygens (including phenoxy) is 1. The van der Waals surface area contributed by atoms with E-state index in [1.54, 1.807) is 24.3 Å². The lowest BCUT2D eigenvalue weighted by Crippen LogP contribution is -2.53. The summed E-state index contributed by atoms with van der Waals surface area (Å²) in [5.41, 5.74) is 4.60. The maximum absolute atomic E-state index is 14.5. The Morgan fingerprint density at radius 3 is 2.11 bits per heavy atom. The minimum atomic E-state index is -4.23. The lowest BCUT2D eigenvalue weighted by atomic mass is 10.0. The van der Waals surface area contributed by atoms with Crippen LogP contribution in [0.25, 0.3) is 0 Å². The van der Waals surface area contributed by atoms with Gasteiger partial charge in [-0.15, -0.1) is 0 Å². The summed E-state index contributed by atoms with van der Waals surface area (Å²) in [6.45, 7) is 5.21. The van der Waals surface area contributed by atoms with Gasteiger partial charge in [0.1, 0.15) is 18.3 Å². The molecule has 4 aromatic carbocycles. The first kappa shape index (κ1) is 32.3. The van der Waals surface area contributed by atoms with Gasteiger partial charge in [0.15, 0.2) is 0 Å². The molecule has 0 radical (unpaired) electrons. The Balaban J connectivity index is 1.85. The second-order valence-corrected chi connectivity index (χ2v) is 12.6. The molecule has 0 saturated carbocycles. The van der Waals surface area contributed by atoms with Gasteiger partial charge in [-0.1, -0.05) is 78.4 Å². The number of benzene rings is 4. The number of likely N-dealkylation sites (N-methyl/N-ethyl adjacent to an activating group) is 1. The van der Waals surface area contributed by atoms with Crippen LogP contribution in [0.2, 0.25) is 0 Å². The van der Waals surface area contributed by atoms with Crippen LogP contribution < -0.4 is 14.4 Å². The highest BCUT2D eigenvalue weighted by atomic mass is 32.2. The van der Waals surface area contributed by atoms with Crippen LogP contribution in [0.4, 0.5) is 5.69 Å². The van der Waals surface area contributed by atoms with Crippen LogP contribution in [0.5, 0.6) is 5.75 Å². The van der Waals surface area contributed by atoms with Crippen molar-refractivity contribution in [1.82, 2.24) is 10.2 Å². The molecule has 0 spiro atoms. The van der Waals surface area contributed by atoms with Crippen LogP contribution >= 0.6 is 0 Å². The van der Waals surface area contributed by atoms with E-state index in [9.17, 15) is 18.0 Å². The zero-order chi connectivity index (χ0) is 31.9. The van der Waals surface area contributed by atoms with E-state index < -0.39 is 28.5 Å². The van der Waals surface area contributed by atoms with E-state index in [1.165, 1.54) is 31.2 Å². The molecule has 2 amide bonds. The van der Waals surface area contributed by atoms with E-state index in [0.717, 1.165) is 32.1 Å². The van der Waals surface area contributed by atoms with Crippen molar-refractivity contribution < 1.29 is 22.7 Å². The molecule has 0 saturated heterocycles. The lowest BCUT2D eigenvalue weighted by molar-refractivity contribution is -0.139. The maximum atomic E-state index is 14.5. The molecule has 9 heteroatoms. The molecule has 0 heterocycles. The topological polar surface area (TPSA) is 96.0 Å². The van der Waals surface area contributed by atoms with Crippen LogP contribution in [0.3, 0.4) is 0 Å². The molecule has 4 rings (SSSR count).